The standard InChI is InChI=1S/C74H51N.C47H33N/c1-4-18-52(19-5-1)55-36-46-62(47-37-55)75(63-48-38-56(39-49-63)53-32-42-60(43-33-53)73(58-20-6-2-7-21-58)69-28-14-10-24-65(69)66-25-11-15-29-70(66)73)64-50-40-57(41-51-64)54-34-44-61(45-35-54)74(59-22-8-3-9-23-59)71-30-16-12-26-67(71)68-27-13-17-31-72(68)74;1-3-16-37(17-4-1)47(44-23-11-9-21-42(44)43-22-10-12-24-45(43)47)38-30-26-34(27-31-38)35-28-32-40(33-29-35)48(39-18-5-2-6-19-39)46-25-13-15-36-14-7-8-20-41(36)46/h1-51H;1-33H. The zero-order valence-electron chi connectivity index (χ0n) is 67.9. The highest BCUT2D eigenvalue weighted by Crippen LogP contribution is 2.60. The molecule has 3 aliphatic carbocycles. The average Bonchev–Trinajstić information content (AvgIpc) is 1.55. The second kappa shape index (κ2) is 31.2. The lowest BCUT2D eigenvalue weighted by Gasteiger charge is -2.34. The van der Waals surface area contributed by atoms with Crippen LogP contribution in [0.5, 0.6) is 0 Å². The normalized spacial score (nSPS) is 13.1. The van der Waals surface area contributed by atoms with Gasteiger partial charge in [-0.05, 0) is 217 Å². The van der Waals surface area contributed by atoms with Gasteiger partial charge < -0.3 is 9.80 Å². The van der Waals surface area contributed by atoms with Gasteiger partial charge in [0.25, 0.3) is 0 Å². The van der Waals surface area contributed by atoms with E-state index in [0.29, 0.717) is 0 Å². The Bertz CT molecular complexity index is 6850. The van der Waals surface area contributed by atoms with Gasteiger partial charge in [-0.25, -0.2) is 0 Å². The molecule has 0 amide bonds. The van der Waals surface area contributed by atoms with Crippen LogP contribution < -0.4 is 9.80 Å². The van der Waals surface area contributed by atoms with Crippen molar-refractivity contribution in [3.63, 3.8) is 0 Å². The number of hydrogen-bond acceptors (Lipinski definition) is 2. The average molecular weight is 1570 g/mol. The Morgan fingerprint density at radius 3 is 0.634 bits per heavy atom. The van der Waals surface area contributed by atoms with E-state index in [-0.39, 0.29) is 5.41 Å². The molecule has 23 rings (SSSR count). The minimum Gasteiger partial charge on any atom is -0.311 e. The molecule has 3 aliphatic rings. The first-order chi connectivity index (χ1) is 61.0. The Balaban J connectivity index is 0.000000162. The largest absolute Gasteiger partial charge is 0.311 e. The van der Waals surface area contributed by atoms with Gasteiger partial charge in [-0.3, -0.25) is 0 Å². The van der Waals surface area contributed by atoms with E-state index in [1.807, 2.05) is 0 Å². The summed E-state index contributed by atoms with van der Waals surface area (Å²) >= 11 is 0. The monoisotopic (exact) mass is 1560 g/mol. The molecule has 2 nitrogen and oxygen atoms in total. The first-order valence-corrected chi connectivity index (χ1v) is 42.7. The molecule has 0 saturated carbocycles. The van der Waals surface area contributed by atoms with Crippen molar-refractivity contribution in [2.75, 3.05) is 9.80 Å². The lowest BCUT2D eigenvalue weighted by Crippen LogP contribution is -2.28. The molecule has 20 aromatic rings. The maximum Gasteiger partial charge on any atom is 0.0713 e. The fourth-order valence-corrected chi connectivity index (χ4v) is 20.6. The van der Waals surface area contributed by atoms with Crippen LogP contribution >= 0.6 is 0 Å². The van der Waals surface area contributed by atoms with Gasteiger partial charge in [-0.2, -0.15) is 0 Å². The van der Waals surface area contributed by atoms with Gasteiger partial charge in [0, 0.05) is 33.8 Å². The Labute approximate surface area is 720 Å². The first kappa shape index (κ1) is 73.6. The Morgan fingerprint density at radius 1 is 0.130 bits per heavy atom. The topological polar surface area (TPSA) is 6.48 Å². The number of rotatable bonds is 16. The summed E-state index contributed by atoms with van der Waals surface area (Å²) < 4.78 is 0. The predicted octanol–water partition coefficient (Wildman–Crippen LogP) is 31.2. The van der Waals surface area contributed by atoms with Crippen molar-refractivity contribution in [3.05, 3.63) is 576 Å². The van der Waals surface area contributed by atoms with Crippen molar-refractivity contribution >= 4 is 44.9 Å². The maximum absolute atomic E-state index is 2.37. The number of hydrogen-bond donors (Lipinski definition) is 0. The van der Waals surface area contributed by atoms with Crippen LogP contribution in [0.25, 0.3) is 88.7 Å². The molecule has 0 fully saturated rings. The molecule has 0 unspecified atom stereocenters. The fraction of sp³-hybridized carbons (Fsp3) is 0.0248. The van der Waals surface area contributed by atoms with E-state index < -0.39 is 10.8 Å². The fourth-order valence-electron chi connectivity index (χ4n) is 20.6. The van der Waals surface area contributed by atoms with Gasteiger partial charge in [0.15, 0.2) is 0 Å². The lowest BCUT2D eigenvalue weighted by atomic mass is 9.67. The van der Waals surface area contributed by atoms with Crippen LogP contribution in [0.1, 0.15) is 66.8 Å². The van der Waals surface area contributed by atoms with E-state index in [9.17, 15) is 0 Å². The zero-order chi connectivity index (χ0) is 81.7. The summed E-state index contributed by atoms with van der Waals surface area (Å²) in [4.78, 5) is 4.72. The van der Waals surface area contributed by atoms with Crippen molar-refractivity contribution in [1.29, 1.82) is 0 Å². The van der Waals surface area contributed by atoms with Crippen LogP contribution in [-0.2, 0) is 16.2 Å². The van der Waals surface area contributed by atoms with Crippen molar-refractivity contribution < 1.29 is 0 Å². The summed E-state index contributed by atoms with van der Waals surface area (Å²) in [7, 11) is 0. The predicted molar refractivity (Wildman–Crippen MR) is 513 cm³/mol. The molecule has 0 bridgehead atoms. The van der Waals surface area contributed by atoms with Gasteiger partial charge in [-0.15, -0.1) is 0 Å². The quantitative estimate of drug-likeness (QED) is 0.0951. The Hall–Kier alpha value is -15.7. The highest BCUT2D eigenvalue weighted by Gasteiger charge is 2.49. The Kier molecular flexibility index (Phi) is 18.7. The van der Waals surface area contributed by atoms with Gasteiger partial charge in [0.05, 0.1) is 21.9 Å². The summed E-state index contributed by atoms with van der Waals surface area (Å²) in [6.07, 6.45) is 0. The van der Waals surface area contributed by atoms with E-state index in [1.54, 1.807) is 0 Å². The minimum atomic E-state index is -0.424. The maximum atomic E-state index is 2.37. The Morgan fingerprint density at radius 2 is 0.333 bits per heavy atom. The molecule has 123 heavy (non-hydrogen) atoms. The van der Waals surface area contributed by atoms with Crippen LogP contribution in [0.4, 0.5) is 34.1 Å². The second-order valence-corrected chi connectivity index (χ2v) is 32.4. The number of nitrogens with zero attached hydrogens (tertiary/aromatic N) is 2. The van der Waals surface area contributed by atoms with E-state index in [1.165, 1.54) is 161 Å². The van der Waals surface area contributed by atoms with Crippen LogP contribution in [0.2, 0.25) is 0 Å². The van der Waals surface area contributed by atoms with Crippen molar-refractivity contribution in [2.24, 2.45) is 0 Å². The molecule has 0 saturated heterocycles. The summed E-state index contributed by atoms with van der Waals surface area (Å²) in [5, 5.41) is 2.46. The van der Waals surface area contributed by atoms with Crippen molar-refractivity contribution in [2.45, 2.75) is 16.2 Å². The third kappa shape index (κ3) is 12.4. The third-order valence-corrected chi connectivity index (χ3v) is 26.1. The highest BCUT2D eigenvalue weighted by atomic mass is 15.1. The number of fused-ring (bicyclic) bond motifs is 10. The lowest BCUT2D eigenvalue weighted by molar-refractivity contribution is 0.768. The SMILES string of the molecule is c1ccc(-c2ccc(N(c3ccc(-c4ccc(C5(c6ccccc6)c6ccccc6-c6ccccc65)cc4)cc3)c3ccc(-c4ccc(C5(c6ccccc6)c6ccccc6-c6ccccc65)cc4)cc3)cc2)cc1.c1ccc(N(c2ccc(-c3ccc(C4(c5ccccc5)c5ccccc5-c5ccccc54)cc3)cc2)c2cccc3ccccc23)cc1. The van der Waals surface area contributed by atoms with Crippen molar-refractivity contribution in [1.82, 2.24) is 0 Å². The number of anilines is 6. The van der Waals surface area contributed by atoms with Crippen LogP contribution in [-0.4, -0.2) is 0 Å². The third-order valence-electron chi connectivity index (χ3n) is 26.1. The van der Waals surface area contributed by atoms with Gasteiger partial charge >= 0.3 is 0 Å². The molecule has 578 valence electrons. The van der Waals surface area contributed by atoms with Gasteiger partial charge in [-0.1, -0.05) is 443 Å². The van der Waals surface area contributed by atoms with E-state index in [0.717, 1.165) is 28.4 Å². The molecular weight excluding hydrogens is 1480 g/mol. The molecule has 0 atom stereocenters. The van der Waals surface area contributed by atoms with Crippen LogP contribution in [0.15, 0.2) is 510 Å². The van der Waals surface area contributed by atoms with Gasteiger partial charge in [0.1, 0.15) is 0 Å². The second-order valence-electron chi connectivity index (χ2n) is 32.4. The molecule has 0 aliphatic heterocycles. The number of para-hydroxylation sites is 1. The summed E-state index contributed by atoms with van der Waals surface area (Å²) in [5.41, 5.74) is 38.4. The molecule has 0 aromatic heterocycles. The van der Waals surface area contributed by atoms with Gasteiger partial charge in [0.2, 0.25) is 0 Å². The van der Waals surface area contributed by atoms with Crippen LogP contribution in [0.3, 0.4) is 0 Å². The number of benzene rings is 20. The molecule has 0 spiro atoms. The van der Waals surface area contributed by atoms with E-state index >= 15 is 0 Å². The first-order valence-electron chi connectivity index (χ1n) is 42.7. The summed E-state index contributed by atoms with van der Waals surface area (Å²) in [6, 6.07) is 187. The smallest absolute Gasteiger partial charge is 0.0713 e. The van der Waals surface area contributed by atoms with E-state index in [2.05, 4.69) is 519 Å². The molecule has 0 heterocycles. The molecule has 0 N–H and O–H groups in total. The van der Waals surface area contributed by atoms with E-state index in [4.69, 9.17) is 0 Å². The molecule has 20 aromatic carbocycles. The highest BCUT2D eigenvalue weighted by molar-refractivity contribution is 5.99. The summed E-state index contributed by atoms with van der Waals surface area (Å²) in [6.45, 7) is 0. The van der Waals surface area contributed by atoms with Crippen LogP contribution in [0, 0.1) is 0 Å². The molecule has 0 radical (unpaired) electrons. The van der Waals surface area contributed by atoms with Crippen molar-refractivity contribution in [3.8, 4) is 77.9 Å². The molecule has 2 heteroatoms. The molecular formula is C121H84N2. The minimum absolute atomic E-state index is 0.383. The summed E-state index contributed by atoms with van der Waals surface area (Å²) in [5.74, 6) is 0. The zero-order valence-corrected chi connectivity index (χ0v) is 67.9.